The summed E-state index contributed by atoms with van der Waals surface area (Å²) in [6.07, 6.45) is 3.60. The van der Waals surface area contributed by atoms with Crippen LogP contribution in [0.15, 0.2) is 42.6 Å². The molecule has 6 nitrogen and oxygen atoms in total. The second-order valence-corrected chi connectivity index (χ2v) is 7.15. The first-order chi connectivity index (χ1) is 13.1. The minimum absolute atomic E-state index is 0.137. The number of aromatic nitrogens is 1. The molecule has 0 spiro atoms. The van der Waals surface area contributed by atoms with Gasteiger partial charge in [-0.15, -0.1) is 0 Å². The van der Waals surface area contributed by atoms with E-state index in [1.807, 2.05) is 18.2 Å². The maximum absolute atomic E-state index is 12.1. The highest BCUT2D eigenvalue weighted by atomic mass is 35.5. The molecule has 0 aliphatic carbocycles. The molecule has 2 aromatic rings. The molecule has 1 aliphatic heterocycles. The third-order valence-electron chi connectivity index (χ3n) is 4.70. The molecule has 1 aromatic heterocycles. The van der Waals surface area contributed by atoms with Crippen molar-refractivity contribution in [3.63, 3.8) is 0 Å². The predicted molar refractivity (Wildman–Crippen MR) is 106 cm³/mol. The minimum atomic E-state index is -0.137. The molecule has 1 aromatic carbocycles. The van der Waals surface area contributed by atoms with Crippen LogP contribution in [0.4, 0.5) is 4.79 Å². The molecule has 1 fully saturated rings. The highest BCUT2D eigenvalue weighted by Gasteiger charge is 2.20. The SMILES string of the molecule is COc1ccc(CNC(=O)NC2CCN(Cc3ccc(Cl)cc3)CC2)cn1. The van der Waals surface area contributed by atoms with E-state index in [2.05, 4.69) is 32.7 Å². The average molecular weight is 389 g/mol. The fourth-order valence-electron chi connectivity index (χ4n) is 3.14. The number of ether oxygens (including phenoxy) is 1. The third-order valence-corrected chi connectivity index (χ3v) is 4.95. The van der Waals surface area contributed by atoms with Gasteiger partial charge in [0, 0.05) is 49.5 Å². The van der Waals surface area contributed by atoms with Crippen molar-refractivity contribution >= 4 is 17.6 Å². The summed E-state index contributed by atoms with van der Waals surface area (Å²) >= 11 is 5.93. The lowest BCUT2D eigenvalue weighted by atomic mass is 10.0. The number of halogens is 1. The molecule has 27 heavy (non-hydrogen) atoms. The predicted octanol–water partition coefficient (Wildman–Crippen LogP) is 3.21. The van der Waals surface area contributed by atoms with Gasteiger partial charge in [0.15, 0.2) is 0 Å². The topological polar surface area (TPSA) is 66.5 Å². The van der Waals surface area contributed by atoms with E-state index in [4.69, 9.17) is 16.3 Å². The van der Waals surface area contributed by atoms with Gasteiger partial charge < -0.3 is 15.4 Å². The monoisotopic (exact) mass is 388 g/mol. The summed E-state index contributed by atoms with van der Waals surface area (Å²) in [7, 11) is 1.58. The second kappa shape index (κ2) is 9.58. The number of amides is 2. The van der Waals surface area contributed by atoms with Gasteiger partial charge in [-0.1, -0.05) is 29.8 Å². The molecule has 7 heteroatoms. The zero-order chi connectivity index (χ0) is 19.1. The zero-order valence-corrected chi connectivity index (χ0v) is 16.2. The molecule has 0 atom stereocenters. The second-order valence-electron chi connectivity index (χ2n) is 6.71. The van der Waals surface area contributed by atoms with Crippen LogP contribution in [0.1, 0.15) is 24.0 Å². The number of nitrogens with one attached hydrogen (secondary N) is 2. The van der Waals surface area contributed by atoms with Crippen molar-refractivity contribution in [2.75, 3.05) is 20.2 Å². The van der Waals surface area contributed by atoms with Gasteiger partial charge in [0.1, 0.15) is 0 Å². The Hall–Kier alpha value is -2.31. The Labute approximate surface area is 164 Å². The molecule has 2 N–H and O–H groups in total. The fourth-order valence-corrected chi connectivity index (χ4v) is 3.26. The lowest BCUT2D eigenvalue weighted by Gasteiger charge is -2.32. The fraction of sp³-hybridized carbons (Fsp3) is 0.400. The van der Waals surface area contributed by atoms with Gasteiger partial charge in [0.25, 0.3) is 0 Å². The number of hydrogen-bond donors (Lipinski definition) is 2. The number of benzene rings is 1. The van der Waals surface area contributed by atoms with Crippen molar-refractivity contribution in [3.8, 4) is 5.88 Å². The third kappa shape index (κ3) is 6.12. The van der Waals surface area contributed by atoms with Crippen molar-refractivity contribution in [3.05, 3.63) is 58.7 Å². The van der Waals surface area contributed by atoms with Crippen molar-refractivity contribution in [2.45, 2.75) is 32.0 Å². The van der Waals surface area contributed by atoms with Crippen LogP contribution in [0, 0.1) is 0 Å². The highest BCUT2D eigenvalue weighted by molar-refractivity contribution is 6.30. The molecule has 1 aliphatic rings. The van der Waals surface area contributed by atoms with Gasteiger partial charge in [0.05, 0.1) is 7.11 Å². The minimum Gasteiger partial charge on any atom is -0.481 e. The molecule has 0 unspecified atom stereocenters. The number of likely N-dealkylation sites (tertiary alicyclic amines) is 1. The van der Waals surface area contributed by atoms with Crippen LogP contribution >= 0.6 is 11.6 Å². The van der Waals surface area contributed by atoms with Crippen molar-refractivity contribution in [1.82, 2.24) is 20.5 Å². The lowest BCUT2D eigenvalue weighted by molar-refractivity contribution is 0.186. The largest absolute Gasteiger partial charge is 0.481 e. The number of carbonyl (C=O) groups is 1. The van der Waals surface area contributed by atoms with E-state index in [1.165, 1.54) is 5.56 Å². The molecule has 0 saturated carbocycles. The summed E-state index contributed by atoms with van der Waals surface area (Å²) in [6.45, 7) is 3.30. The maximum Gasteiger partial charge on any atom is 0.315 e. The van der Waals surface area contributed by atoms with Gasteiger partial charge >= 0.3 is 6.03 Å². The molecule has 0 radical (unpaired) electrons. The van der Waals surface area contributed by atoms with Crippen molar-refractivity contribution in [2.24, 2.45) is 0 Å². The Kier molecular flexibility index (Phi) is 6.90. The number of nitrogens with zero attached hydrogens (tertiary/aromatic N) is 2. The van der Waals surface area contributed by atoms with E-state index in [0.29, 0.717) is 12.4 Å². The quantitative estimate of drug-likeness (QED) is 0.797. The first kappa shape index (κ1) is 19.5. The smallest absolute Gasteiger partial charge is 0.315 e. The van der Waals surface area contributed by atoms with E-state index >= 15 is 0 Å². The van der Waals surface area contributed by atoms with Gasteiger partial charge in [-0.2, -0.15) is 0 Å². The summed E-state index contributed by atoms with van der Waals surface area (Å²) < 4.78 is 5.03. The van der Waals surface area contributed by atoms with E-state index in [0.717, 1.165) is 43.1 Å². The number of urea groups is 1. The number of carbonyl (C=O) groups excluding carboxylic acids is 1. The summed E-state index contributed by atoms with van der Waals surface area (Å²) in [5, 5.41) is 6.71. The number of piperidine rings is 1. The van der Waals surface area contributed by atoms with Crippen molar-refractivity contribution in [1.29, 1.82) is 0 Å². The van der Waals surface area contributed by atoms with Crippen LogP contribution in [0.25, 0.3) is 0 Å². The first-order valence-electron chi connectivity index (χ1n) is 9.12. The first-order valence-corrected chi connectivity index (χ1v) is 9.50. The average Bonchev–Trinajstić information content (AvgIpc) is 2.70. The molecule has 2 amide bonds. The van der Waals surface area contributed by atoms with Crippen LogP contribution in [0.2, 0.25) is 5.02 Å². The molecule has 2 heterocycles. The van der Waals surface area contributed by atoms with Gasteiger partial charge in [-0.05, 0) is 36.1 Å². The molecule has 1 saturated heterocycles. The van der Waals surface area contributed by atoms with Crippen LogP contribution in [0.5, 0.6) is 5.88 Å². The number of rotatable bonds is 6. The van der Waals surface area contributed by atoms with E-state index in [-0.39, 0.29) is 12.1 Å². The van der Waals surface area contributed by atoms with Crippen LogP contribution < -0.4 is 15.4 Å². The lowest BCUT2D eigenvalue weighted by Crippen LogP contribution is -2.47. The molecule has 144 valence electrons. The van der Waals surface area contributed by atoms with E-state index in [1.54, 1.807) is 19.4 Å². The number of hydrogen-bond acceptors (Lipinski definition) is 4. The summed E-state index contributed by atoms with van der Waals surface area (Å²) in [6, 6.07) is 11.7. The molecule has 3 rings (SSSR count). The van der Waals surface area contributed by atoms with Gasteiger partial charge in [-0.3, -0.25) is 4.90 Å². The Morgan fingerprint density at radius 2 is 1.89 bits per heavy atom. The molecule has 0 bridgehead atoms. The maximum atomic E-state index is 12.1. The summed E-state index contributed by atoms with van der Waals surface area (Å²) in [5.41, 5.74) is 2.19. The number of pyridine rings is 1. The van der Waals surface area contributed by atoms with Gasteiger partial charge in [-0.25, -0.2) is 9.78 Å². The Balaban J connectivity index is 1.36. The van der Waals surface area contributed by atoms with E-state index < -0.39 is 0 Å². The van der Waals surface area contributed by atoms with Crippen LogP contribution in [0.3, 0.4) is 0 Å². The Morgan fingerprint density at radius 1 is 1.19 bits per heavy atom. The van der Waals surface area contributed by atoms with Crippen LogP contribution in [-0.2, 0) is 13.1 Å². The zero-order valence-electron chi connectivity index (χ0n) is 15.5. The summed E-state index contributed by atoms with van der Waals surface area (Å²) in [5.74, 6) is 0.563. The standard InChI is InChI=1S/C20H25ClN4O2/c1-27-19-7-4-16(12-22-19)13-23-20(26)24-18-8-10-25(11-9-18)14-15-2-5-17(21)6-3-15/h2-7,12,18H,8-11,13-14H2,1H3,(H2,23,24,26). The van der Waals surface area contributed by atoms with Crippen LogP contribution in [-0.4, -0.2) is 42.2 Å². The molecular formula is C20H25ClN4O2. The van der Waals surface area contributed by atoms with Crippen molar-refractivity contribution < 1.29 is 9.53 Å². The Morgan fingerprint density at radius 3 is 2.52 bits per heavy atom. The normalized spacial score (nSPS) is 15.3. The summed E-state index contributed by atoms with van der Waals surface area (Å²) in [4.78, 5) is 18.7. The highest BCUT2D eigenvalue weighted by Crippen LogP contribution is 2.16. The number of methoxy groups -OCH3 is 1. The molecular weight excluding hydrogens is 364 g/mol. The Bertz CT molecular complexity index is 729. The van der Waals surface area contributed by atoms with Gasteiger partial charge in [0.2, 0.25) is 5.88 Å². The van der Waals surface area contributed by atoms with E-state index in [9.17, 15) is 4.79 Å².